The number of anilines is 2. The molecule has 0 saturated carbocycles. The lowest BCUT2D eigenvalue weighted by molar-refractivity contribution is 0.0967. The molecule has 0 atom stereocenters. The lowest BCUT2D eigenvalue weighted by atomic mass is 9.99. The van der Waals surface area contributed by atoms with Crippen molar-refractivity contribution in [2.24, 2.45) is 5.92 Å². The van der Waals surface area contributed by atoms with Crippen molar-refractivity contribution < 1.29 is 9.90 Å². The number of hydrogen-bond donors (Lipinski definition) is 3. The summed E-state index contributed by atoms with van der Waals surface area (Å²) in [6, 6.07) is 7.58. The van der Waals surface area contributed by atoms with E-state index in [1.54, 1.807) is 18.2 Å². The van der Waals surface area contributed by atoms with E-state index in [0.29, 0.717) is 15.7 Å². The summed E-state index contributed by atoms with van der Waals surface area (Å²) in [6.45, 7) is 3.76. The monoisotopic (exact) mass is 438 g/mol. The number of halogens is 3. The Morgan fingerprint density at radius 1 is 1.14 bits per heavy atom. The Bertz CT molecular complexity index is 1140. The number of carbonyl (C=O) groups excluding carboxylic acids is 1. The maximum atomic E-state index is 13.1. The zero-order valence-electron chi connectivity index (χ0n) is 15.1. The van der Waals surface area contributed by atoms with Gasteiger partial charge >= 0.3 is 0 Å². The number of ketones is 1. The van der Waals surface area contributed by atoms with E-state index in [0.717, 1.165) is 0 Å². The number of phenols is 1. The number of Topliss-reactive ketones (excluding diaryl/α,β-unsaturated/α-hetero) is 1. The standard InChI is InChI=1S/C20H17Cl3N2O3/c1-9(2)7-15(27)17-19(28)16-14(26)6-4-11(22)18(16)25-20(17)24-13-5-3-10(21)8-12(13)23/h3-6,8-9,26H,7H2,1-2H3,(H2,24,25,28). The molecule has 0 aliphatic heterocycles. The maximum absolute atomic E-state index is 13.1. The predicted octanol–water partition coefficient (Wildman–Crippen LogP) is 6.17. The third kappa shape index (κ3) is 3.97. The fraction of sp³-hybridized carbons (Fsp3) is 0.200. The fourth-order valence-electron chi connectivity index (χ4n) is 2.90. The van der Waals surface area contributed by atoms with Crippen LogP contribution in [0, 0.1) is 5.92 Å². The molecule has 3 rings (SSSR count). The number of aromatic hydroxyl groups is 1. The Balaban J connectivity index is 2.28. The molecule has 0 fully saturated rings. The molecule has 3 aromatic rings. The van der Waals surface area contributed by atoms with E-state index in [4.69, 9.17) is 34.8 Å². The molecule has 8 heteroatoms. The molecule has 0 aliphatic rings. The van der Waals surface area contributed by atoms with Gasteiger partial charge in [0.15, 0.2) is 5.78 Å². The molecule has 0 radical (unpaired) electrons. The summed E-state index contributed by atoms with van der Waals surface area (Å²) >= 11 is 18.4. The molecule has 0 bridgehead atoms. The smallest absolute Gasteiger partial charge is 0.206 e. The van der Waals surface area contributed by atoms with Gasteiger partial charge in [-0.1, -0.05) is 48.7 Å². The normalized spacial score (nSPS) is 11.2. The van der Waals surface area contributed by atoms with Gasteiger partial charge in [-0.3, -0.25) is 9.59 Å². The van der Waals surface area contributed by atoms with Crippen molar-refractivity contribution in [3.8, 4) is 5.75 Å². The molecule has 0 saturated heterocycles. The van der Waals surface area contributed by atoms with Crippen LogP contribution in [0.25, 0.3) is 10.9 Å². The molecule has 28 heavy (non-hydrogen) atoms. The number of H-pyrrole nitrogens is 1. The minimum absolute atomic E-state index is 0.0349. The molecule has 0 amide bonds. The van der Waals surface area contributed by atoms with Crippen LogP contribution in [0.5, 0.6) is 5.75 Å². The van der Waals surface area contributed by atoms with Crippen LogP contribution in [0.3, 0.4) is 0 Å². The van der Waals surface area contributed by atoms with Gasteiger partial charge in [-0.2, -0.15) is 0 Å². The number of benzene rings is 2. The minimum atomic E-state index is -0.605. The van der Waals surface area contributed by atoms with Crippen LogP contribution in [-0.4, -0.2) is 15.9 Å². The van der Waals surface area contributed by atoms with Crippen molar-refractivity contribution in [3.63, 3.8) is 0 Å². The number of aromatic nitrogens is 1. The van der Waals surface area contributed by atoms with E-state index in [1.807, 2.05) is 13.8 Å². The summed E-state index contributed by atoms with van der Waals surface area (Å²) in [5.74, 6) is -0.414. The van der Waals surface area contributed by atoms with Crippen molar-refractivity contribution in [1.29, 1.82) is 0 Å². The first-order chi connectivity index (χ1) is 13.2. The second-order valence-corrected chi connectivity index (χ2v) is 8.04. The number of aromatic amines is 1. The van der Waals surface area contributed by atoms with Crippen molar-refractivity contribution in [3.05, 3.63) is 61.2 Å². The highest BCUT2D eigenvalue weighted by Gasteiger charge is 2.23. The molecule has 146 valence electrons. The quantitative estimate of drug-likeness (QED) is 0.415. The molecule has 3 N–H and O–H groups in total. The van der Waals surface area contributed by atoms with Gasteiger partial charge in [-0.05, 0) is 36.2 Å². The molecular weight excluding hydrogens is 423 g/mol. The van der Waals surface area contributed by atoms with Crippen molar-refractivity contribution >= 4 is 63.0 Å². The molecule has 0 unspecified atom stereocenters. The first-order valence-electron chi connectivity index (χ1n) is 8.51. The highest BCUT2D eigenvalue weighted by molar-refractivity contribution is 6.36. The third-order valence-corrected chi connectivity index (χ3v) is 5.01. The number of rotatable bonds is 5. The second-order valence-electron chi connectivity index (χ2n) is 6.79. The largest absolute Gasteiger partial charge is 0.507 e. The van der Waals surface area contributed by atoms with Crippen LogP contribution in [0.4, 0.5) is 11.5 Å². The van der Waals surface area contributed by atoms with Gasteiger partial charge in [0, 0.05) is 11.4 Å². The lowest BCUT2D eigenvalue weighted by Gasteiger charge is -2.15. The second kappa shape index (κ2) is 8.03. The lowest BCUT2D eigenvalue weighted by Crippen LogP contribution is -2.20. The molecular formula is C20H17Cl3N2O3. The van der Waals surface area contributed by atoms with E-state index in [9.17, 15) is 14.7 Å². The Labute approximate surface area is 176 Å². The van der Waals surface area contributed by atoms with E-state index in [2.05, 4.69) is 10.3 Å². The summed E-state index contributed by atoms with van der Waals surface area (Å²) in [5, 5.41) is 14.1. The number of fused-ring (bicyclic) bond motifs is 1. The molecule has 1 aromatic heterocycles. The number of phenolic OH excluding ortho intramolecular Hbond substituents is 1. The highest BCUT2D eigenvalue weighted by Crippen LogP contribution is 2.33. The molecule has 0 aliphatic carbocycles. The minimum Gasteiger partial charge on any atom is -0.507 e. The Kier molecular flexibility index (Phi) is 5.89. The highest BCUT2D eigenvalue weighted by atomic mass is 35.5. The maximum Gasteiger partial charge on any atom is 0.206 e. The zero-order valence-corrected chi connectivity index (χ0v) is 17.3. The van der Waals surface area contributed by atoms with Gasteiger partial charge in [0.25, 0.3) is 0 Å². The van der Waals surface area contributed by atoms with E-state index >= 15 is 0 Å². The van der Waals surface area contributed by atoms with Crippen LogP contribution < -0.4 is 10.7 Å². The number of hydrogen-bond acceptors (Lipinski definition) is 4. The molecule has 0 spiro atoms. The molecule has 1 heterocycles. The van der Waals surface area contributed by atoms with Crippen LogP contribution in [0.15, 0.2) is 35.1 Å². The average Bonchev–Trinajstić information content (AvgIpc) is 2.59. The Morgan fingerprint density at radius 2 is 1.86 bits per heavy atom. The molecule has 5 nitrogen and oxygen atoms in total. The first kappa shape index (κ1) is 20.5. The number of carbonyl (C=O) groups is 1. The number of pyridine rings is 1. The zero-order chi connectivity index (χ0) is 20.6. The summed E-state index contributed by atoms with van der Waals surface area (Å²) in [6.07, 6.45) is 0.166. The van der Waals surface area contributed by atoms with Gasteiger partial charge in [0.2, 0.25) is 5.43 Å². The van der Waals surface area contributed by atoms with Gasteiger partial charge in [0.05, 0.1) is 26.6 Å². The van der Waals surface area contributed by atoms with Gasteiger partial charge < -0.3 is 15.4 Å². The first-order valence-corrected chi connectivity index (χ1v) is 9.65. The average molecular weight is 440 g/mol. The Morgan fingerprint density at radius 3 is 2.50 bits per heavy atom. The summed E-state index contributed by atoms with van der Waals surface area (Å²) < 4.78 is 0. The van der Waals surface area contributed by atoms with Crippen LogP contribution in [0.1, 0.15) is 30.6 Å². The predicted molar refractivity (Wildman–Crippen MR) is 115 cm³/mol. The Hall–Kier alpha value is -2.21. The van der Waals surface area contributed by atoms with E-state index < -0.39 is 5.43 Å². The van der Waals surface area contributed by atoms with Gasteiger partial charge in [-0.15, -0.1) is 0 Å². The summed E-state index contributed by atoms with van der Waals surface area (Å²) in [5.41, 5.74) is -0.0203. The van der Waals surface area contributed by atoms with Crippen molar-refractivity contribution in [2.75, 3.05) is 5.32 Å². The fourth-order valence-corrected chi connectivity index (χ4v) is 3.56. The van der Waals surface area contributed by atoms with E-state index in [-0.39, 0.29) is 51.2 Å². The molecule has 2 aromatic carbocycles. The van der Waals surface area contributed by atoms with Crippen LogP contribution in [0.2, 0.25) is 15.1 Å². The van der Waals surface area contributed by atoms with Gasteiger partial charge in [-0.25, -0.2) is 0 Å². The SMILES string of the molecule is CC(C)CC(=O)c1c(Nc2ccc(Cl)cc2Cl)[nH]c2c(Cl)ccc(O)c2c1=O. The van der Waals surface area contributed by atoms with Gasteiger partial charge in [0.1, 0.15) is 17.1 Å². The summed E-state index contributed by atoms with van der Waals surface area (Å²) in [7, 11) is 0. The van der Waals surface area contributed by atoms with E-state index in [1.165, 1.54) is 12.1 Å². The summed E-state index contributed by atoms with van der Waals surface area (Å²) in [4.78, 5) is 28.9. The van der Waals surface area contributed by atoms with Crippen LogP contribution >= 0.6 is 34.8 Å². The van der Waals surface area contributed by atoms with Crippen molar-refractivity contribution in [2.45, 2.75) is 20.3 Å². The number of nitrogens with one attached hydrogen (secondary N) is 2. The van der Waals surface area contributed by atoms with Crippen LogP contribution in [-0.2, 0) is 0 Å². The third-order valence-electron chi connectivity index (χ3n) is 4.15. The topological polar surface area (TPSA) is 82.2 Å². The van der Waals surface area contributed by atoms with Crippen molar-refractivity contribution in [1.82, 2.24) is 4.98 Å².